The Bertz CT molecular complexity index is 735. The highest BCUT2D eigenvalue weighted by molar-refractivity contribution is 6.42. The maximum absolute atomic E-state index is 12.8. The monoisotopic (exact) mass is 369 g/mol. The van der Waals surface area contributed by atoms with Gasteiger partial charge >= 0.3 is 6.03 Å². The van der Waals surface area contributed by atoms with E-state index in [1.165, 1.54) is 4.90 Å². The number of ether oxygens (including phenoxy) is 1. The average Bonchev–Trinajstić information content (AvgIpc) is 2.89. The van der Waals surface area contributed by atoms with Crippen LogP contribution in [0.1, 0.15) is 11.6 Å². The third-order valence-corrected chi connectivity index (χ3v) is 5.13. The first kappa shape index (κ1) is 17.1. The molecule has 1 atom stereocenters. The number of nitrogens with one attached hydrogen (secondary N) is 1. The lowest BCUT2D eigenvalue weighted by Crippen LogP contribution is -2.45. The highest BCUT2D eigenvalue weighted by Crippen LogP contribution is 2.39. The quantitative estimate of drug-likeness (QED) is 0.886. The van der Waals surface area contributed by atoms with E-state index in [4.69, 9.17) is 27.9 Å². The van der Waals surface area contributed by atoms with Crippen molar-refractivity contribution in [2.24, 2.45) is 0 Å². The number of nitrogens with zero attached hydrogens (tertiary/aromatic N) is 2. The number of benzene rings is 1. The Balaban J connectivity index is 2.03. The minimum atomic E-state index is -0.616. The van der Waals surface area contributed by atoms with Gasteiger partial charge in [-0.05, 0) is 11.6 Å². The molecule has 6 nitrogen and oxygen atoms in total. The SMILES string of the molecule is COCCN1CC2=C(C1=O)[C@H](c1cccc(Cl)c1Cl)NC(=O)N2C. The molecule has 128 valence electrons. The first-order valence-corrected chi connectivity index (χ1v) is 8.20. The predicted octanol–water partition coefficient (Wildman–Crippen LogP) is 2.43. The third-order valence-electron chi connectivity index (χ3n) is 4.29. The van der Waals surface area contributed by atoms with E-state index in [1.54, 1.807) is 37.3 Å². The Morgan fingerprint density at radius 3 is 2.79 bits per heavy atom. The fraction of sp³-hybridized carbons (Fsp3) is 0.375. The fourth-order valence-electron chi connectivity index (χ4n) is 2.98. The molecular weight excluding hydrogens is 353 g/mol. The number of halogens is 2. The number of methoxy groups -OCH3 is 1. The summed E-state index contributed by atoms with van der Waals surface area (Å²) in [4.78, 5) is 28.3. The summed E-state index contributed by atoms with van der Waals surface area (Å²) in [5, 5.41) is 3.55. The van der Waals surface area contributed by atoms with Crippen LogP contribution in [0, 0.1) is 0 Å². The van der Waals surface area contributed by atoms with Crippen molar-refractivity contribution in [2.75, 3.05) is 33.9 Å². The van der Waals surface area contributed by atoms with E-state index in [1.807, 2.05) is 0 Å². The molecule has 0 saturated carbocycles. The zero-order valence-electron chi connectivity index (χ0n) is 13.3. The minimum Gasteiger partial charge on any atom is -0.383 e. The Morgan fingerprint density at radius 1 is 1.33 bits per heavy atom. The van der Waals surface area contributed by atoms with Gasteiger partial charge in [0, 0.05) is 20.7 Å². The third kappa shape index (κ3) is 2.75. The van der Waals surface area contributed by atoms with Crippen molar-refractivity contribution in [3.8, 4) is 0 Å². The molecule has 2 aliphatic rings. The standard InChI is InChI=1S/C16H17Cl2N3O3/c1-20-11-8-21(6-7-24-2)15(22)12(11)14(19-16(20)23)9-4-3-5-10(17)13(9)18/h3-5,14H,6-8H2,1-2H3,(H,19,23)/t14-/m0/s1. The largest absolute Gasteiger partial charge is 0.383 e. The fourth-order valence-corrected chi connectivity index (χ4v) is 3.40. The second-order valence-electron chi connectivity index (χ2n) is 5.66. The van der Waals surface area contributed by atoms with Crippen molar-refractivity contribution in [2.45, 2.75) is 6.04 Å². The summed E-state index contributed by atoms with van der Waals surface area (Å²) < 4.78 is 5.05. The lowest BCUT2D eigenvalue weighted by atomic mass is 9.95. The Kier molecular flexibility index (Phi) is 4.71. The number of urea groups is 1. The summed E-state index contributed by atoms with van der Waals surface area (Å²) in [5.41, 5.74) is 1.82. The molecule has 3 amide bonds. The van der Waals surface area contributed by atoms with Crippen molar-refractivity contribution in [3.63, 3.8) is 0 Å². The molecule has 24 heavy (non-hydrogen) atoms. The van der Waals surface area contributed by atoms with Gasteiger partial charge in [-0.3, -0.25) is 9.69 Å². The van der Waals surface area contributed by atoms with Gasteiger partial charge in [0.1, 0.15) is 0 Å². The molecule has 0 saturated heterocycles. The van der Waals surface area contributed by atoms with Crippen molar-refractivity contribution in [3.05, 3.63) is 45.1 Å². The highest BCUT2D eigenvalue weighted by atomic mass is 35.5. The Labute approximate surface area is 149 Å². The first-order chi connectivity index (χ1) is 11.5. The van der Waals surface area contributed by atoms with Crippen LogP contribution in [0.4, 0.5) is 4.79 Å². The zero-order chi connectivity index (χ0) is 17.4. The highest BCUT2D eigenvalue weighted by Gasteiger charge is 2.43. The van der Waals surface area contributed by atoms with Crippen molar-refractivity contribution in [1.82, 2.24) is 15.1 Å². The molecule has 0 bridgehead atoms. The lowest BCUT2D eigenvalue weighted by molar-refractivity contribution is -0.126. The van der Waals surface area contributed by atoms with Crippen molar-refractivity contribution >= 4 is 35.1 Å². The van der Waals surface area contributed by atoms with Gasteiger partial charge < -0.3 is 15.0 Å². The first-order valence-electron chi connectivity index (χ1n) is 7.45. The van der Waals surface area contributed by atoms with Crippen LogP contribution < -0.4 is 5.32 Å². The summed E-state index contributed by atoms with van der Waals surface area (Å²) in [5.74, 6) is -0.130. The van der Waals surface area contributed by atoms with E-state index >= 15 is 0 Å². The molecule has 0 radical (unpaired) electrons. The smallest absolute Gasteiger partial charge is 0.322 e. The van der Waals surface area contributed by atoms with Gasteiger partial charge in [0.15, 0.2) is 0 Å². The topological polar surface area (TPSA) is 61.9 Å². The van der Waals surface area contributed by atoms with Crippen LogP contribution in [0.25, 0.3) is 0 Å². The van der Waals surface area contributed by atoms with Crippen LogP contribution in [-0.4, -0.2) is 55.6 Å². The average molecular weight is 370 g/mol. The van der Waals surface area contributed by atoms with E-state index in [0.717, 1.165) is 0 Å². The van der Waals surface area contributed by atoms with Gasteiger partial charge in [-0.1, -0.05) is 35.3 Å². The number of carbonyl (C=O) groups excluding carboxylic acids is 2. The molecule has 0 unspecified atom stereocenters. The summed E-state index contributed by atoms with van der Waals surface area (Å²) >= 11 is 12.4. The maximum atomic E-state index is 12.8. The van der Waals surface area contributed by atoms with Gasteiger partial charge in [-0.25, -0.2) is 4.79 Å². The second-order valence-corrected chi connectivity index (χ2v) is 6.45. The Hall–Kier alpha value is -1.76. The number of rotatable bonds is 4. The van der Waals surface area contributed by atoms with E-state index in [9.17, 15) is 9.59 Å². The normalized spacial score (nSPS) is 20.6. The van der Waals surface area contributed by atoms with Crippen LogP contribution in [0.2, 0.25) is 10.0 Å². The molecule has 3 rings (SSSR count). The molecule has 1 N–H and O–H groups in total. The molecule has 0 aliphatic carbocycles. The van der Waals surface area contributed by atoms with Crippen molar-refractivity contribution < 1.29 is 14.3 Å². The summed E-state index contributed by atoms with van der Waals surface area (Å²) in [6, 6.07) is 4.28. The van der Waals surface area contributed by atoms with E-state index in [2.05, 4.69) is 5.32 Å². The van der Waals surface area contributed by atoms with E-state index in [-0.39, 0.29) is 11.9 Å². The second kappa shape index (κ2) is 6.63. The molecule has 2 aliphatic heterocycles. The summed E-state index contributed by atoms with van der Waals surface area (Å²) in [6.07, 6.45) is 0. The van der Waals surface area contributed by atoms with Gasteiger partial charge in [0.05, 0.1) is 40.5 Å². The van der Waals surface area contributed by atoms with E-state index in [0.29, 0.717) is 46.6 Å². The molecule has 1 aromatic carbocycles. The number of likely N-dealkylation sites (N-methyl/N-ethyl adjacent to an activating group) is 1. The number of carbonyl (C=O) groups is 2. The molecule has 2 heterocycles. The zero-order valence-corrected chi connectivity index (χ0v) is 14.8. The lowest BCUT2D eigenvalue weighted by Gasteiger charge is -2.31. The van der Waals surface area contributed by atoms with Crippen molar-refractivity contribution in [1.29, 1.82) is 0 Å². The minimum absolute atomic E-state index is 0.130. The molecule has 1 aromatic rings. The van der Waals surface area contributed by atoms with Gasteiger partial charge in [0.25, 0.3) is 5.91 Å². The van der Waals surface area contributed by atoms with Gasteiger partial charge in [-0.2, -0.15) is 0 Å². The van der Waals surface area contributed by atoms with Gasteiger partial charge in [-0.15, -0.1) is 0 Å². The molecule has 0 spiro atoms. The van der Waals surface area contributed by atoms with Crippen LogP contribution in [0.5, 0.6) is 0 Å². The van der Waals surface area contributed by atoms with Crippen LogP contribution in [0.15, 0.2) is 29.5 Å². The Morgan fingerprint density at radius 2 is 2.08 bits per heavy atom. The maximum Gasteiger partial charge on any atom is 0.322 e. The molecule has 8 heteroatoms. The molecule has 0 fully saturated rings. The number of hydrogen-bond donors (Lipinski definition) is 1. The van der Waals surface area contributed by atoms with Crippen LogP contribution >= 0.6 is 23.2 Å². The number of amides is 3. The van der Waals surface area contributed by atoms with Crippen LogP contribution in [-0.2, 0) is 9.53 Å². The van der Waals surface area contributed by atoms with Crippen LogP contribution in [0.3, 0.4) is 0 Å². The molecule has 0 aromatic heterocycles. The van der Waals surface area contributed by atoms with E-state index < -0.39 is 6.04 Å². The van der Waals surface area contributed by atoms with Gasteiger partial charge in [0.2, 0.25) is 0 Å². The summed E-state index contributed by atoms with van der Waals surface area (Å²) in [6.45, 7) is 1.26. The number of hydrogen-bond acceptors (Lipinski definition) is 3. The predicted molar refractivity (Wildman–Crippen MR) is 91.0 cm³/mol. The molecular formula is C16H17Cl2N3O3. The summed E-state index contributed by atoms with van der Waals surface area (Å²) in [7, 11) is 3.23.